The van der Waals surface area contributed by atoms with Crippen molar-refractivity contribution in [2.75, 3.05) is 5.73 Å². The van der Waals surface area contributed by atoms with E-state index in [1.165, 1.54) is 36.5 Å². The Labute approximate surface area is 169 Å². The first-order chi connectivity index (χ1) is 14.2. The Hall–Kier alpha value is -3.68. The molecular formula is C22H17F4N3O. The van der Waals surface area contributed by atoms with Gasteiger partial charge in [0.15, 0.2) is 0 Å². The SMILES string of the molecule is N=C(F)c1cc(/C(=C(\CC(F)(F)F)c2ccccc2)c2ccc(=O)[nH]c2)ccc1N. The number of rotatable bonds is 5. The molecule has 30 heavy (non-hydrogen) atoms. The summed E-state index contributed by atoms with van der Waals surface area (Å²) in [4.78, 5) is 13.9. The molecule has 0 saturated carbocycles. The molecule has 0 bridgehead atoms. The average Bonchev–Trinajstić information content (AvgIpc) is 2.69. The van der Waals surface area contributed by atoms with Crippen LogP contribution in [0.5, 0.6) is 0 Å². The van der Waals surface area contributed by atoms with E-state index in [-0.39, 0.29) is 28.0 Å². The van der Waals surface area contributed by atoms with Gasteiger partial charge in [-0.15, -0.1) is 0 Å². The van der Waals surface area contributed by atoms with E-state index in [4.69, 9.17) is 11.1 Å². The molecule has 2 aromatic carbocycles. The molecule has 0 aliphatic rings. The number of nitrogens with one attached hydrogen (secondary N) is 2. The van der Waals surface area contributed by atoms with Gasteiger partial charge in [0.25, 0.3) is 0 Å². The van der Waals surface area contributed by atoms with Crippen molar-refractivity contribution in [1.29, 1.82) is 5.41 Å². The number of anilines is 1. The molecule has 0 aliphatic heterocycles. The minimum Gasteiger partial charge on any atom is -0.398 e. The summed E-state index contributed by atoms with van der Waals surface area (Å²) in [7, 11) is 0. The maximum absolute atomic E-state index is 13.6. The second-order valence-electron chi connectivity index (χ2n) is 6.57. The fourth-order valence-electron chi connectivity index (χ4n) is 3.16. The summed E-state index contributed by atoms with van der Waals surface area (Å²) in [6, 6.07) is 14.6. The number of alkyl halides is 3. The summed E-state index contributed by atoms with van der Waals surface area (Å²) in [5.41, 5.74) is 6.01. The van der Waals surface area contributed by atoms with Gasteiger partial charge in [-0.2, -0.15) is 17.6 Å². The van der Waals surface area contributed by atoms with E-state index in [0.29, 0.717) is 11.1 Å². The lowest BCUT2D eigenvalue weighted by Crippen LogP contribution is -2.11. The van der Waals surface area contributed by atoms with Crippen LogP contribution in [0.25, 0.3) is 11.1 Å². The van der Waals surface area contributed by atoms with Crippen molar-refractivity contribution >= 4 is 22.8 Å². The van der Waals surface area contributed by atoms with Gasteiger partial charge in [-0.3, -0.25) is 10.2 Å². The number of allylic oxidation sites excluding steroid dienone is 1. The highest BCUT2D eigenvalue weighted by molar-refractivity contribution is 6.02. The molecule has 154 valence electrons. The van der Waals surface area contributed by atoms with Crippen LogP contribution in [0.3, 0.4) is 0 Å². The third-order valence-corrected chi connectivity index (χ3v) is 4.45. The molecule has 4 N–H and O–H groups in total. The molecule has 8 heteroatoms. The van der Waals surface area contributed by atoms with Crippen LogP contribution in [0.4, 0.5) is 23.2 Å². The first-order valence-electron chi connectivity index (χ1n) is 8.84. The molecule has 0 atom stereocenters. The van der Waals surface area contributed by atoms with E-state index in [0.717, 1.165) is 0 Å². The molecule has 0 saturated heterocycles. The number of benzene rings is 2. The van der Waals surface area contributed by atoms with Crippen LogP contribution < -0.4 is 11.3 Å². The highest BCUT2D eigenvalue weighted by Crippen LogP contribution is 2.39. The van der Waals surface area contributed by atoms with Gasteiger partial charge in [0.2, 0.25) is 11.5 Å². The zero-order valence-corrected chi connectivity index (χ0v) is 15.6. The molecule has 0 radical (unpaired) electrons. The molecule has 3 rings (SSSR count). The van der Waals surface area contributed by atoms with Crippen LogP contribution in [0.15, 0.2) is 71.7 Å². The van der Waals surface area contributed by atoms with E-state index in [1.54, 1.807) is 30.3 Å². The average molecular weight is 415 g/mol. The van der Waals surface area contributed by atoms with Crippen molar-refractivity contribution < 1.29 is 17.6 Å². The second kappa shape index (κ2) is 8.36. The van der Waals surface area contributed by atoms with E-state index in [9.17, 15) is 22.4 Å². The van der Waals surface area contributed by atoms with Gasteiger partial charge in [0.05, 0.1) is 12.0 Å². The van der Waals surface area contributed by atoms with Crippen LogP contribution in [0.1, 0.15) is 28.7 Å². The molecule has 1 aromatic heterocycles. The zero-order chi connectivity index (χ0) is 21.9. The van der Waals surface area contributed by atoms with Crippen molar-refractivity contribution in [2.24, 2.45) is 0 Å². The van der Waals surface area contributed by atoms with E-state index in [2.05, 4.69) is 4.98 Å². The second-order valence-corrected chi connectivity index (χ2v) is 6.57. The van der Waals surface area contributed by atoms with Crippen LogP contribution in [0.2, 0.25) is 0 Å². The minimum atomic E-state index is -4.53. The Morgan fingerprint density at radius 3 is 2.20 bits per heavy atom. The van der Waals surface area contributed by atoms with Crippen molar-refractivity contribution in [3.63, 3.8) is 0 Å². The summed E-state index contributed by atoms with van der Waals surface area (Å²) < 4.78 is 54.2. The number of aromatic amines is 1. The number of hydrogen-bond donors (Lipinski definition) is 3. The number of nitrogen functional groups attached to an aromatic ring is 1. The predicted molar refractivity (Wildman–Crippen MR) is 109 cm³/mol. The van der Waals surface area contributed by atoms with Gasteiger partial charge in [-0.1, -0.05) is 36.4 Å². The van der Waals surface area contributed by atoms with Crippen molar-refractivity contribution in [2.45, 2.75) is 12.6 Å². The zero-order valence-electron chi connectivity index (χ0n) is 15.6. The Kier molecular flexibility index (Phi) is 5.86. The maximum atomic E-state index is 13.6. The summed E-state index contributed by atoms with van der Waals surface area (Å²) in [6.07, 6.45) is -4.48. The number of nitrogens with two attached hydrogens (primary N) is 1. The van der Waals surface area contributed by atoms with Crippen molar-refractivity contribution in [3.8, 4) is 0 Å². The van der Waals surface area contributed by atoms with Gasteiger partial charge in [-0.05, 0) is 46.0 Å². The van der Waals surface area contributed by atoms with Crippen LogP contribution >= 0.6 is 0 Å². The summed E-state index contributed by atoms with van der Waals surface area (Å²) in [5, 5.41) is 7.27. The number of pyridine rings is 1. The monoisotopic (exact) mass is 415 g/mol. The third kappa shape index (κ3) is 4.83. The Balaban J connectivity index is 2.39. The Morgan fingerprint density at radius 2 is 1.63 bits per heavy atom. The Bertz CT molecular complexity index is 1140. The lowest BCUT2D eigenvalue weighted by atomic mass is 9.87. The van der Waals surface area contributed by atoms with Crippen LogP contribution in [-0.2, 0) is 0 Å². The summed E-state index contributed by atoms with van der Waals surface area (Å²) in [5.74, 6) is -1.30. The third-order valence-electron chi connectivity index (χ3n) is 4.45. The normalized spacial score (nSPS) is 12.4. The maximum Gasteiger partial charge on any atom is 0.393 e. The molecule has 0 amide bonds. The smallest absolute Gasteiger partial charge is 0.393 e. The lowest BCUT2D eigenvalue weighted by Gasteiger charge is -2.19. The number of aromatic nitrogens is 1. The lowest BCUT2D eigenvalue weighted by molar-refractivity contribution is -0.122. The van der Waals surface area contributed by atoms with Crippen LogP contribution in [-0.4, -0.2) is 17.1 Å². The molecule has 3 aromatic rings. The summed E-state index contributed by atoms with van der Waals surface area (Å²) in [6.45, 7) is 0. The predicted octanol–water partition coefficient (Wildman–Crippen LogP) is 5.16. The quantitative estimate of drug-likeness (QED) is 0.233. The van der Waals surface area contributed by atoms with Gasteiger partial charge in [-0.25, -0.2) is 0 Å². The van der Waals surface area contributed by atoms with Gasteiger partial charge >= 0.3 is 6.18 Å². The first-order valence-corrected chi connectivity index (χ1v) is 8.84. The van der Waals surface area contributed by atoms with E-state index in [1.807, 2.05) is 0 Å². The topological polar surface area (TPSA) is 82.7 Å². The van der Waals surface area contributed by atoms with E-state index >= 15 is 0 Å². The fraction of sp³-hybridized carbons (Fsp3) is 0.0909. The molecule has 0 unspecified atom stereocenters. The summed E-state index contributed by atoms with van der Waals surface area (Å²) >= 11 is 0. The molecule has 4 nitrogen and oxygen atoms in total. The van der Waals surface area contributed by atoms with Crippen molar-refractivity contribution in [1.82, 2.24) is 4.98 Å². The molecule has 0 aliphatic carbocycles. The highest BCUT2D eigenvalue weighted by atomic mass is 19.4. The molecule has 1 heterocycles. The minimum absolute atomic E-state index is 0.0100. The first kappa shape index (κ1) is 21.0. The van der Waals surface area contributed by atoms with Crippen molar-refractivity contribution in [3.05, 3.63) is 99.5 Å². The molecule has 0 fully saturated rings. The fourth-order valence-corrected chi connectivity index (χ4v) is 3.16. The van der Waals surface area contributed by atoms with Gasteiger partial charge in [0, 0.05) is 18.0 Å². The molecule has 0 spiro atoms. The van der Waals surface area contributed by atoms with E-state index < -0.39 is 24.1 Å². The molecular weight excluding hydrogens is 398 g/mol. The number of H-pyrrole nitrogens is 1. The van der Waals surface area contributed by atoms with Gasteiger partial charge in [0.1, 0.15) is 0 Å². The van der Waals surface area contributed by atoms with Crippen LogP contribution in [0, 0.1) is 5.41 Å². The Morgan fingerprint density at radius 1 is 0.967 bits per heavy atom. The number of halogens is 4. The largest absolute Gasteiger partial charge is 0.398 e. The standard InChI is InChI=1S/C22H17F4N3O/c23-21(28)16-10-14(6-8-18(16)27)20(15-7-9-19(30)29-12-15)17(11-22(24,25)26)13-4-2-1-3-5-13/h1-10,12,28H,11,27H2,(H,29,30)/b20-17-,28-21?. The van der Waals surface area contributed by atoms with Gasteiger partial charge < -0.3 is 10.7 Å². The highest BCUT2D eigenvalue weighted by Gasteiger charge is 2.31. The number of hydrogen-bond acceptors (Lipinski definition) is 3.